The average molecular weight is 205 g/mol. The Labute approximate surface area is 89.7 Å². The van der Waals surface area contributed by atoms with Crippen molar-refractivity contribution in [2.75, 3.05) is 18.9 Å². The van der Waals surface area contributed by atoms with E-state index in [1.165, 1.54) is 0 Å². The predicted octanol–water partition coefficient (Wildman–Crippen LogP) is 1.94. The summed E-state index contributed by atoms with van der Waals surface area (Å²) in [6, 6.07) is 5.04. The average Bonchev–Trinajstić information content (AvgIpc) is 2.25. The Bertz CT molecular complexity index is 357. The second-order valence-corrected chi connectivity index (χ2v) is 3.18. The van der Waals surface area contributed by atoms with Crippen LogP contribution >= 0.6 is 0 Å². The van der Waals surface area contributed by atoms with Crippen molar-refractivity contribution in [1.29, 1.82) is 0 Å². The molecule has 80 valence electrons. The predicted molar refractivity (Wildman–Crippen MR) is 60.9 cm³/mol. The lowest BCUT2D eigenvalue weighted by molar-refractivity contribution is 0.310. The minimum atomic E-state index is 0.497. The molecule has 0 aromatic heterocycles. The van der Waals surface area contributed by atoms with E-state index in [1.807, 2.05) is 0 Å². The Morgan fingerprint density at radius 1 is 1.33 bits per heavy atom. The smallest absolute Gasteiger partial charge is 0.228 e. The van der Waals surface area contributed by atoms with Crippen LogP contribution in [-0.4, -0.2) is 13.2 Å². The number of unbranched alkanes of at least 4 members (excludes halogenated alkanes) is 1. The summed E-state index contributed by atoms with van der Waals surface area (Å²) in [6.45, 7) is 8.19. The van der Waals surface area contributed by atoms with Crippen molar-refractivity contribution in [3.8, 4) is 5.75 Å². The lowest BCUT2D eigenvalue weighted by atomic mass is 10.2. The third-order valence-electron chi connectivity index (χ3n) is 1.96. The van der Waals surface area contributed by atoms with Crippen molar-refractivity contribution >= 4 is 11.4 Å². The number of hydrogen-bond acceptors (Lipinski definition) is 3. The van der Waals surface area contributed by atoms with Gasteiger partial charge in [0.2, 0.25) is 5.69 Å². The molecule has 4 heteroatoms. The number of nitrogens with zero attached hydrogens (tertiary/aromatic N) is 1. The van der Waals surface area contributed by atoms with Crippen LogP contribution in [0, 0.1) is 6.57 Å². The van der Waals surface area contributed by atoms with Crippen molar-refractivity contribution < 1.29 is 4.74 Å². The maximum Gasteiger partial charge on any atom is 0.228 e. The van der Waals surface area contributed by atoms with Gasteiger partial charge in [-0.05, 0) is 31.5 Å². The van der Waals surface area contributed by atoms with E-state index in [0.717, 1.165) is 12.8 Å². The van der Waals surface area contributed by atoms with E-state index in [-0.39, 0.29) is 0 Å². The molecule has 15 heavy (non-hydrogen) atoms. The van der Waals surface area contributed by atoms with Crippen LogP contribution in [-0.2, 0) is 0 Å². The molecule has 0 unspecified atom stereocenters. The SMILES string of the molecule is [C-]#[N+]c1ccc(N)cc1OCCCCN. The van der Waals surface area contributed by atoms with Crippen molar-refractivity contribution in [1.82, 2.24) is 0 Å². The van der Waals surface area contributed by atoms with E-state index >= 15 is 0 Å². The second-order valence-electron chi connectivity index (χ2n) is 3.18. The molecular weight excluding hydrogens is 190 g/mol. The van der Waals surface area contributed by atoms with Gasteiger partial charge in [-0.15, -0.1) is 0 Å². The van der Waals surface area contributed by atoms with Crippen LogP contribution in [0.5, 0.6) is 5.75 Å². The monoisotopic (exact) mass is 205 g/mol. The highest BCUT2D eigenvalue weighted by Gasteiger charge is 2.03. The summed E-state index contributed by atoms with van der Waals surface area (Å²) in [5.41, 5.74) is 12.1. The van der Waals surface area contributed by atoms with Crippen LogP contribution in [0.2, 0.25) is 0 Å². The maximum absolute atomic E-state index is 6.96. The van der Waals surface area contributed by atoms with Gasteiger partial charge >= 0.3 is 0 Å². The third kappa shape index (κ3) is 3.49. The summed E-state index contributed by atoms with van der Waals surface area (Å²) in [6.07, 6.45) is 1.82. The minimum absolute atomic E-state index is 0.497. The van der Waals surface area contributed by atoms with Gasteiger partial charge in [-0.1, -0.05) is 6.07 Å². The highest BCUT2D eigenvalue weighted by atomic mass is 16.5. The molecule has 0 amide bonds. The molecule has 0 spiro atoms. The van der Waals surface area contributed by atoms with E-state index in [4.69, 9.17) is 22.8 Å². The fourth-order valence-electron chi connectivity index (χ4n) is 1.17. The normalized spacial score (nSPS) is 9.60. The molecule has 0 aliphatic rings. The van der Waals surface area contributed by atoms with Gasteiger partial charge in [0.15, 0.2) is 0 Å². The maximum atomic E-state index is 6.96. The zero-order valence-electron chi connectivity index (χ0n) is 8.57. The first-order chi connectivity index (χ1) is 7.27. The molecule has 0 aliphatic carbocycles. The van der Waals surface area contributed by atoms with Crippen LogP contribution in [0.4, 0.5) is 11.4 Å². The Morgan fingerprint density at radius 3 is 2.80 bits per heavy atom. The van der Waals surface area contributed by atoms with Crippen LogP contribution < -0.4 is 16.2 Å². The van der Waals surface area contributed by atoms with Crippen molar-refractivity contribution in [3.05, 3.63) is 29.6 Å². The summed E-state index contributed by atoms with van der Waals surface area (Å²) in [5.74, 6) is 0.557. The topological polar surface area (TPSA) is 65.6 Å². The molecule has 0 aliphatic heterocycles. The minimum Gasteiger partial charge on any atom is -0.505 e. The lowest BCUT2D eigenvalue weighted by Crippen LogP contribution is -2.03. The van der Waals surface area contributed by atoms with E-state index in [0.29, 0.717) is 30.3 Å². The highest BCUT2D eigenvalue weighted by molar-refractivity contribution is 5.63. The van der Waals surface area contributed by atoms with Gasteiger partial charge in [0.25, 0.3) is 0 Å². The molecule has 0 atom stereocenters. The zero-order valence-corrected chi connectivity index (χ0v) is 8.57. The fraction of sp³-hybridized carbons (Fsp3) is 0.364. The Balaban J connectivity index is 2.59. The van der Waals surface area contributed by atoms with Gasteiger partial charge in [-0.3, -0.25) is 0 Å². The number of nitrogens with two attached hydrogens (primary N) is 2. The standard InChI is InChI=1S/C11H15N3O/c1-14-10-5-4-9(13)8-11(10)15-7-3-2-6-12/h4-5,8H,2-3,6-7,12-13H2. The summed E-state index contributed by atoms with van der Waals surface area (Å²) in [7, 11) is 0. The molecule has 0 bridgehead atoms. The van der Waals surface area contributed by atoms with E-state index in [1.54, 1.807) is 18.2 Å². The van der Waals surface area contributed by atoms with Crippen molar-refractivity contribution in [2.24, 2.45) is 5.73 Å². The van der Waals surface area contributed by atoms with Gasteiger partial charge in [0.1, 0.15) is 5.75 Å². The number of hydrogen-bond donors (Lipinski definition) is 2. The first kappa shape index (κ1) is 11.3. The Kier molecular flexibility index (Phi) is 4.45. The molecule has 1 rings (SSSR count). The molecule has 1 aromatic carbocycles. The Morgan fingerprint density at radius 2 is 2.13 bits per heavy atom. The highest BCUT2D eigenvalue weighted by Crippen LogP contribution is 2.29. The van der Waals surface area contributed by atoms with Gasteiger partial charge in [-0.25, -0.2) is 4.85 Å². The summed E-state index contributed by atoms with van der Waals surface area (Å²) >= 11 is 0. The van der Waals surface area contributed by atoms with Gasteiger partial charge in [0, 0.05) is 5.69 Å². The molecule has 0 heterocycles. The second kappa shape index (κ2) is 5.89. The summed E-state index contributed by atoms with van der Waals surface area (Å²) in [4.78, 5) is 3.36. The fourth-order valence-corrected chi connectivity index (χ4v) is 1.17. The molecule has 4 N–H and O–H groups in total. The number of nitrogen functional groups attached to an aromatic ring is 1. The van der Waals surface area contributed by atoms with Crippen molar-refractivity contribution in [3.63, 3.8) is 0 Å². The molecular formula is C11H15N3O. The first-order valence-electron chi connectivity index (χ1n) is 4.87. The van der Waals surface area contributed by atoms with Crippen LogP contribution in [0.1, 0.15) is 12.8 Å². The van der Waals surface area contributed by atoms with E-state index in [2.05, 4.69) is 4.85 Å². The molecule has 0 radical (unpaired) electrons. The van der Waals surface area contributed by atoms with Crippen LogP contribution in [0.25, 0.3) is 4.85 Å². The summed E-state index contributed by atoms with van der Waals surface area (Å²) < 4.78 is 5.46. The number of benzene rings is 1. The third-order valence-corrected chi connectivity index (χ3v) is 1.96. The first-order valence-corrected chi connectivity index (χ1v) is 4.87. The number of rotatable bonds is 5. The largest absolute Gasteiger partial charge is 0.505 e. The molecule has 0 fully saturated rings. The quantitative estimate of drug-likeness (QED) is 0.438. The van der Waals surface area contributed by atoms with E-state index < -0.39 is 0 Å². The molecule has 0 saturated carbocycles. The Hall–Kier alpha value is -1.73. The van der Waals surface area contributed by atoms with Crippen molar-refractivity contribution in [2.45, 2.75) is 12.8 Å². The van der Waals surface area contributed by atoms with Gasteiger partial charge < -0.3 is 16.2 Å². The molecule has 0 saturated heterocycles. The zero-order chi connectivity index (χ0) is 11.1. The summed E-state index contributed by atoms with van der Waals surface area (Å²) in [5, 5.41) is 0. The van der Waals surface area contributed by atoms with Crippen LogP contribution in [0.15, 0.2) is 18.2 Å². The van der Waals surface area contributed by atoms with Crippen LogP contribution in [0.3, 0.4) is 0 Å². The molecule has 4 nitrogen and oxygen atoms in total. The lowest BCUT2D eigenvalue weighted by Gasteiger charge is -2.08. The molecule has 1 aromatic rings. The number of ether oxygens (including phenoxy) is 1. The van der Waals surface area contributed by atoms with E-state index in [9.17, 15) is 0 Å². The number of anilines is 1. The van der Waals surface area contributed by atoms with Gasteiger partial charge in [-0.2, -0.15) is 0 Å². The van der Waals surface area contributed by atoms with Gasteiger partial charge in [0.05, 0.1) is 13.2 Å².